The number of fused-ring (bicyclic) bond motifs is 1. The van der Waals surface area contributed by atoms with Crippen LogP contribution < -0.4 is 10.1 Å². The highest BCUT2D eigenvalue weighted by Crippen LogP contribution is 2.46. The molecule has 0 spiro atoms. The van der Waals surface area contributed by atoms with Crippen LogP contribution in [0.3, 0.4) is 0 Å². The monoisotopic (exact) mass is 257 g/mol. The van der Waals surface area contributed by atoms with Gasteiger partial charge in [-0.2, -0.15) is 0 Å². The zero-order chi connectivity index (χ0) is 12.8. The van der Waals surface area contributed by atoms with E-state index in [9.17, 15) is 0 Å². The van der Waals surface area contributed by atoms with Crippen LogP contribution in [0.2, 0.25) is 0 Å². The predicted octanol–water partition coefficient (Wildman–Crippen LogP) is 3.57. The third-order valence-electron chi connectivity index (χ3n) is 4.13. The Bertz CT molecular complexity index is 608. The molecule has 4 rings (SSSR count). The molecule has 0 radical (unpaired) electrons. The second-order valence-corrected chi connectivity index (χ2v) is 5.73. The maximum absolute atomic E-state index is 6.08. The van der Waals surface area contributed by atoms with Gasteiger partial charge in [-0.05, 0) is 43.7 Å². The molecule has 1 heterocycles. The molecule has 3 nitrogen and oxygen atoms in total. The smallest absolute Gasteiger partial charge is 0.138 e. The van der Waals surface area contributed by atoms with Crippen molar-refractivity contribution in [1.29, 1.82) is 0 Å². The number of furan rings is 1. The molecule has 1 aromatic heterocycles. The van der Waals surface area contributed by atoms with Gasteiger partial charge in [0, 0.05) is 23.1 Å². The van der Waals surface area contributed by atoms with E-state index >= 15 is 0 Å². The molecule has 2 aliphatic rings. The van der Waals surface area contributed by atoms with E-state index in [4.69, 9.17) is 9.15 Å². The topological polar surface area (TPSA) is 34.4 Å². The number of hydrogen-bond donors (Lipinski definition) is 1. The van der Waals surface area contributed by atoms with Crippen molar-refractivity contribution in [2.45, 2.75) is 44.2 Å². The van der Waals surface area contributed by atoms with Crippen LogP contribution in [0.1, 0.15) is 42.9 Å². The summed E-state index contributed by atoms with van der Waals surface area (Å²) in [5, 5.41) is 4.83. The largest absolute Gasteiger partial charge is 0.497 e. The second-order valence-electron chi connectivity index (χ2n) is 5.73. The minimum Gasteiger partial charge on any atom is -0.497 e. The van der Waals surface area contributed by atoms with Gasteiger partial charge < -0.3 is 14.5 Å². The molecule has 1 aromatic carbocycles. The maximum Gasteiger partial charge on any atom is 0.138 e. The van der Waals surface area contributed by atoms with Crippen LogP contribution in [0.5, 0.6) is 5.75 Å². The van der Waals surface area contributed by atoms with Crippen LogP contribution in [0.4, 0.5) is 0 Å². The van der Waals surface area contributed by atoms with E-state index in [0.717, 1.165) is 29.7 Å². The Labute approximate surface area is 112 Å². The summed E-state index contributed by atoms with van der Waals surface area (Å²) in [5.74, 6) is 2.72. The van der Waals surface area contributed by atoms with E-state index in [2.05, 4.69) is 11.4 Å². The fraction of sp³-hybridized carbons (Fsp3) is 0.500. The second kappa shape index (κ2) is 4.27. The lowest BCUT2D eigenvalue weighted by atomic mass is 10.1. The van der Waals surface area contributed by atoms with E-state index in [1.807, 2.05) is 12.1 Å². The lowest BCUT2D eigenvalue weighted by Gasteiger charge is -2.02. The molecule has 2 saturated carbocycles. The third-order valence-corrected chi connectivity index (χ3v) is 4.13. The van der Waals surface area contributed by atoms with Crippen molar-refractivity contribution in [3.8, 4) is 5.75 Å². The highest BCUT2D eigenvalue weighted by atomic mass is 16.5. The van der Waals surface area contributed by atoms with Crippen molar-refractivity contribution >= 4 is 11.0 Å². The Morgan fingerprint density at radius 2 is 2.11 bits per heavy atom. The van der Waals surface area contributed by atoms with Gasteiger partial charge in [0.25, 0.3) is 0 Å². The number of nitrogens with one attached hydrogen (secondary N) is 1. The summed E-state index contributed by atoms with van der Waals surface area (Å²) >= 11 is 0. The SMILES string of the molecule is COc1ccc2c(C3CC3)c(CNC3CC3)oc2c1. The van der Waals surface area contributed by atoms with Crippen molar-refractivity contribution in [2.75, 3.05) is 7.11 Å². The van der Waals surface area contributed by atoms with Gasteiger partial charge in [-0.25, -0.2) is 0 Å². The molecule has 0 saturated heterocycles. The first-order valence-electron chi connectivity index (χ1n) is 7.18. The Kier molecular flexibility index (Phi) is 2.55. The molecular formula is C16H19NO2. The summed E-state index contributed by atoms with van der Waals surface area (Å²) in [6.07, 6.45) is 5.23. The third kappa shape index (κ3) is 2.12. The van der Waals surface area contributed by atoms with E-state index in [1.54, 1.807) is 7.11 Å². The fourth-order valence-electron chi connectivity index (χ4n) is 2.75. The Morgan fingerprint density at radius 1 is 1.26 bits per heavy atom. The summed E-state index contributed by atoms with van der Waals surface area (Å²) in [7, 11) is 1.70. The highest BCUT2D eigenvalue weighted by Gasteiger charge is 2.31. The number of ether oxygens (including phenoxy) is 1. The molecule has 0 bridgehead atoms. The Hall–Kier alpha value is -1.48. The van der Waals surface area contributed by atoms with Gasteiger partial charge in [-0.15, -0.1) is 0 Å². The van der Waals surface area contributed by atoms with Crippen LogP contribution in [0, 0.1) is 0 Å². The molecule has 0 aliphatic heterocycles. The van der Waals surface area contributed by atoms with Crippen molar-refractivity contribution < 1.29 is 9.15 Å². The standard InChI is InChI=1S/C16H19NO2/c1-18-12-6-7-13-14(8-12)19-15(9-17-11-4-5-11)16(13)10-2-3-10/h6-8,10-11,17H,2-5,9H2,1H3. The molecule has 2 aliphatic carbocycles. The first-order valence-corrected chi connectivity index (χ1v) is 7.18. The minimum atomic E-state index is 0.714. The lowest BCUT2D eigenvalue weighted by Crippen LogP contribution is -2.15. The van der Waals surface area contributed by atoms with Crippen molar-refractivity contribution in [3.63, 3.8) is 0 Å². The van der Waals surface area contributed by atoms with E-state index in [1.165, 1.54) is 36.6 Å². The minimum absolute atomic E-state index is 0.714. The molecule has 2 fully saturated rings. The Morgan fingerprint density at radius 3 is 2.79 bits per heavy atom. The lowest BCUT2D eigenvalue weighted by molar-refractivity contribution is 0.414. The summed E-state index contributed by atoms with van der Waals surface area (Å²) in [6.45, 7) is 0.869. The molecule has 2 aromatic rings. The summed E-state index contributed by atoms with van der Waals surface area (Å²) < 4.78 is 11.4. The molecule has 19 heavy (non-hydrogen) atoms. The van der Waals surface area contributed by atoms with Gasteiger partial charge in [0.15, 0.2) is 0 Å². The molecular weight excluding hydrogens is 238 g/mol. The van der Waals surface area contributed by atoms with E-state index in [0.29, 0.717) is 5.92 Å². The van der Waals surface area contributed by atoms with E-state index in [-0.39, 0.29) is 0 Å². The molecule has 0 amide bonds. The summed E-state index contributed by atoms with van der Waals surface area (Å²) in [6, 6.07) is 6.89. The van der Waals surface area contributed by atoms with Gasteiger partial charge in [0.2, 0.25) is 0 Å². The van der Waals surface area contributed by atoms with Crippen LogP contribution in [-0.4, -0.2) is 13.2 Å². The van der Waals surface area contributed by atoms with Crippen LogP contribution >= 0.6 is 0 Å². The molecule has 3 heteroatoms. The molecule has 100 valence electrons. The molecule has 1 N–H and O–H groups in total. The van der Waals surface area contributed by atoms with Crippen LogP contribution in [-0.2, 0) is 6.54 Å². The van der Waals surface area contributed by atoms with Gasteiger partial charge in [0.1, 0.15) is 17.1 Å². The fourth-order valence-corrected chi connectivity index (χ4v) is 2.75. The number of rotatable bonds is 5. The number of methoxy groups -OCH3 is 1. The zero-order valence-corrected chi connectivity index (χ0v) is 11.2. The van der Waals surface area contributed by atoms with Crippen LogP contribution in [0.25, 0.3) is 11.0 Å². The maximum atomic E-state index is 6.08. The zero-order valence-electron chi connectivity index (χ0n) is 11.2. The van der Waals surface area contributed by atoms with Gasteiger partial charge >= 0.3 is 0 Å². The molecule has 0 unspecified atom stereocenters. The van der Waals surface area contributed by atoms with Crippen molar-refractivity contribution in [2.24, 2.45) is 0 Å². The Balaban J connectivity index is 1.74. The molecule has 0 atom stereocenters. The normalized spacial score (nSPS) is 19.0. The number of hydrogen-bond acceptors (Lipinski definition) is 3. The predicted molar refractivity (Wildman–Crippen MR) is 74.6 cm³/mol. The van der Waals surface area contributed by atoms with Gasteiger partial charge in [-0.1, -0.05) is 0 Å². The highest BCUT2D eigenvalue weighted by molar-refractivity contribution is 5.84. The van der Waals surface area contributed by atoms with E-state index < -0.39 is 0 Å². The van der Waals surface area contributed by atoms with Crippen molar-refractivity contribution in [1.82, 2.24) is 5.32 Å². The average molecular weight is 257 g/mol. The first-order chi connectivity index (χ1) is 9.35. The number of benzene rings is 1. The first kappa shape index (κ1) is 11.4. The quantitative estimate of drug-likeness (QED) is 0.889. The van der Waals surface area contributed by atoms with Gasteiger partial charge in [-0.3, -0.25) is 0 Å². The average Bonchev–Trinajstić information content (AvgIpc) is 3.33. The summed E-state index contributed by atoms with van der Waals surface area (Å²) in [4.78, 5) is 0. The van der Waals surface area contributed by atoms with Gasteiger partial charge in [0.05, 0.1) is 13.7 Å². The van der Waals surface area contributed by atoms with Crippen molar-refractivity contribution in [3.05, 3.63) is 29.5 Å². The summed E-state index contributed by atoms with van der Waals surface area (Å²) in [5.41, 5.74) is 2.40. The van der Waals surface area contributed by atoms with Crippen LogP contribution in [0.15, 0.2) is 22.6 Å².